The Hall–Kier alpha value is -3.15. The van der Waals surface area contributed by atoms with E-state index >= 15 is 0 Å². The van der Waals surface area contributed by atoms with E-state index < -0.39 is 0 Å². The first-order valence-electron chi connectivity index (χ1n) is 10.4. The lowest BCUT2D eigenvalue weighted by molar-refractivity contribution is -0.128. The van der Waals surface area contributed by atoms with Gasteiger partial charge in [-0.3, -0.25) is 9.59 Å². The van der Waals surface area contributed by atoms with Gasteiger partial charge in [0.2, 0.25) is 11.8 Å². The summed E-state index contributed by atoms with van der Waals surface area (Å²) in [5.74, 6) is -0.733. The topological polar surface area (TPSA) is 66.9 Å². The highest BCUT2D eigenvalue weighted by Crippen LogP contribution is 2.33. The summed E-state index contributed by atoms with van der Waals surface area (Å²) in [7, 11) is 1.36. The molecule has 1 fully saturated rings. The van der Waals surface area contributed by atoms with Crippen LogP contribution in [0.5, 0.6) is 0 Å². The zero-order chi connectivity index (χ0) is 21.1. The van der Waals surface area contributed by atoms with Gasteiger partial charge in [0.15, 0.2) is 0 Å². The highest BCUT2D eigenvalue weighted by Gasteiger charge is 2.38. The Bertz CT molecular complexity index is 957. The van der Waals surface area contributed by atoms with Crippen molar-refractivity contribution in [3.63, 3.8) is 0 Å². The van der Waals surface area contributed by atoms with Crippen LogP contribution in [0.2, 0.25) is 0 Å². The first kappa shape index (κ1) is 20.1. The van der Waals surface area contributed by atoms with Crippen molar-refractivity contribution < 1.29 is 19.1 Å². The first-order chi connectivity index (χ1) is 14.6. The number of ether oxygens (including phenoxy) is 1. The van der Waals surface area contributed by atoms with Gasteiger partial charge >= 0.3 is 5.97 Å². The summed E-state index contributed by atoms with van der Waals surface area (Å²) in [5.41, 5.74) is 3.32. The SMILES string of the molecule is COC(=O)c1cccc2c1CCCN2C(=O)[C@@H]1CC(=O)N(CCc2ccccc2)C1. The van der Waals surface area contributed by atoms with Crippen molar-refractivity contribution in [3.8, 4) is 0 Å². The average Bonchev–Trinajstić information content (AvgIpc) is 3.17. The summed E-state index contributed by atoms with van der Waals surface area (Å²) in [4.78, 5) is 41.5. The number of fused-ring (bicyclic) bond motifs is 1. The lowest BCUT2D eigenvalue weighted by Crippen LogP contribution is -2.41. The summed E-state index contributed by atoms with van der Waals surface area (Å²) < 4.78 is 4.90. The Balaban J connectivity index is 1.47. The van der Waals surface area contributed by atoms with E-state index in [2.05, 4.69) is 0 Å². The van der Waals surface area contributed by atoms with Gasteiger partial charge in [-0.05, 0) is 42.5 Å². The molecule has 1 saturated heterocycles. The van der Waals surface area contributed by atoms with Crippen molar-refractivity contribution >= 4 is 23.5 Å². The molecule has 1 atom stereocenters. The largest absolute Gasteiger partial charge is 0.465 e. The van der Waals surface area contributed by atoms with Crippen LogP contribution in [0, 0.1) is 5.92 Å². The number of carbonyl (C=O) groups excluding carboxylic acids is 3. The maximum absolute atomic E-state index is 13.3. The summed E-state index contributed by atoms with van der Waals surface area (Å²) in [6.45, 7) is 1.67. The predicted octanol–water partition coefficient (Wildman–Crippen LogP) is 2.84. The fraction of sp³-hybridized carbons (Fsp3) is 0.375. The summed E-state index contributed by atoms with van der Waals surface area (Å²) >= 11 is 0. The van der Waals surface area contributed by atoms with E-state index in [1.807, 2.05) is 36.4 Å². The van der Waals surface area contributed by atoms with Crippen LogP contribution in [0.4, 0.5) is 5.69 Å². The van der Waals surface area contributed by atoms with E-state index in [9.17, 15) is 14.4 Å². The molecular formula is C24H26N2O4. The monoisotopic (exact) mass is 406 g/mol. The molecule has 0 aliphatic carbocycles. The van der Waals surface area contributed by atoms with Gasteiger partial charge < -0.3 is 14.5 Å². The van der Waals surface area contributed by atoms with Crippen LogP contribution < -0.4 is 4.90 Å². The zero-order valence-electron chi connectivity index (χ0n) is 17.2. The van der Waals surface area contributed by atoms with E-state index in [-0.39, 0.29) is 30.1 Å². The molecule has 2 amide bonds. The maximum atomic E-state index is 13.3. The number of hydrogen-bond donors (Lipinski definition) is 0. The second-order valence-electron chi connectivity index (χ2n) is 7.86. The summed E-state index contributed by atoms with van der Waals surface area (Å²) in [6.07, 6.45) is 2.54. The predicted molar refractivity (Wildman–Crippen MR) is 113 cm³/mol. The molecule has 2 aromatic carbocycles. The molecule has 0 aromatic heterocycles. The molecule has 0 bridgehead atoms. The minimum absolute atomic E-state index is 0.0322. The second-order valence-corrected chi connectivity index (χ2v) is 7.86. The smallest absolute Gasteiger partial charge is 0.338 e. The molecule has 4 rings (SSSR count). The Labute approximate surface area is 176 Å². The molecule has 2 aliphatic rings. The third kappa shape index (κ3) is 3.95. The molecule has 0 saturated carbocycles. The van der Waals surface area contributed by atoms with Gasteiger partial charge in [0, 0.05) is 31.7 Å². The lowest BCUT2D eigenvalue weighted by Gasteiger charge is -2.32. The zero-order valence-corrected chi connectivity index (χ0v) is 17.2. The molecule has 6 nitrogen and oxygen atoms in total. The van der Waals surface area contributed by atoms with Crippen molar-refractivity contribution in [2.45, 2.75) is 25.7 Å². The molecule has 2 aromatic rings. The van der Waals surface area contributed by atoms with Gasteiger partial charge in [0.1, 0.15) is 0 Å². The Morgan fingerprint density at radius 3 is 2.67 bits per heavy atom. The second kappa shape index (κ2) is 8.69. The molecule has 0 radical (unpaired) electrons. The maximum Gasteiger partial charge on any atom is 0.338 e. The average molecular weight is 406 g/mol. The lowest BCUT2D eigenvalue weighted by atomic mass is 9.94. The van der Waals surface area contributed by atoms with Crippen LogP contribution in [0.3, 0.4) is 0 Å². The van der Waals surface area contributed by atoms with Crippen LogP contribution in [0.15, 0.2) is 48.5 Å². The van der Waals surface area contributed by atoms with E-state index in [0.29, 0.717) is 25.2 Å². The van der Waals surface area contributed by atoms with Crippen molar-refractivity contribution in [1.29, 1.82) is 0 Å². The molecule has 6 heteroatoms. The van der Waals surface area contributed by atoms with E-state index in [1.54, 1.807) is 21.9 Å². The Morgan fingerprint density at radius 1 is 1.10 bits per heavy atom. The fourth-order valence-corrected chi connectivity index (χ4v) is 4.44. The number of nitrogens with zero attached hydrogens (tertiary/aromatic N) is 2. The first-order valence-corrected chi connectivity index (χ1v) is 10.4. The Kier molecular flexibility index (Phi) is 5.84. The van der Waals surface area contributed by atoms with Gasteiger partial charge in [-0.2, -0.15) is 0 Å². The molecule has 156 valence electrons. The summed E-state index contributed by atoms with van der Waals surface area (Å²) in [5, 5.41) is 0. The van der Waals surface area contributed by atoms with Crippen molar-refractivity contribution in [2.24, 2.45) is 5.92 Å². The van der Waals surface area contributed by atoms with E-state index in [4.69, 9.17) is 4.74 Å². The highest BCUT2D eigenvalue weighted by atomic mass is 16.5. The number of anilines is 1. The minimum atomic E-state index is -0.385. The van der Waals surface area contributed by atoms with Crippen LogP contribution in [-0.2, 0) is 27.2 Å². The van der Waals surface area contributed by atoms with Gasteiger partial charge in [-0.15, -0.1) is 0 Å². The quantitative estimate of drug-likeness (QED) is 0.716. The van der Waals surface area contributed by atoms with Gasteiger partial charge in [0.25, 0.3) is 0 Å². The van der Waals surface area contributed by atoms with Crippen LogP contribution in [-0.4, -0.2) is 49.4 Å². The molecule has 2 aliphatic heterocycles. The number of likely N-dealkylation sites (tertiary alicyclic amines) is 1. The third-order valence-corrected chi connectivity index (χ3v) is 6.00. The number of esters is 1. The molecule has 0 N–H and O–H groups in total. The van der Waals surface area contributed by atoms with Crippen LogP contribution >= 0.6 is 0 Å². The Morgan fingerprint density at radius 2 is 1.90 bits per heavy atom. The fourth-order valence-electron chi connectivity index (χ4n) is 4.44. The van der Waals surface area contributed by atoms with Gasteiger partial charge in [-0.1, -0.05) is 36.4 Å². The third-order valence-electron chi connectivity index (χ3n) is 6.00. The molecule has 2 heterocycles. The minimum Gasteiger partial charge on any atom is -0.465 e. The number of rotatable bonds is 5. The molecule has 30 heavy (non-hydrogen) atoms. The van der Waals surface area contributed by atoms with Crippen LogP contribution in [0.25, 0.3) is 0 Å². The number of carbonyl (C=O) groups is 3. The molecular weight excluding hydrogens is 380 g/mol. The standard InChI is InChI=1S/C24H26N2O4/c1-30-24(29)20-9-5-11-21-19(20)10-6-13-26(21)23(28)18-15-22(27)25(16-18)14-12-17-7-3-2-4-8-17/h2-5,7-9,11,18H,6,10,12-16H2,1H3/t18-/m1/s1. The normalized spacial score (nSPS) is 18.3. The number of hydrogen-bond acceptors (Lipinski definition) is 4. The highest BCUT2D eigenvalue weighted by molar-refractivity contribution is 6.02. The summed E-state index contributed by atoms with van der Waals surface area (Å²) in [6, 6.07) is 15.4. The van der Waals surface area contributed by atoms with Crippen molar-refractivity contribution in [3.05, 3.63) is 65.2 Å². The van der Waals surface area contributed by atoms with Crippen molar-refractivity contribution in [1.82, 2.24) is 4.90 Å². The van der Waals surface area contributed by atoms with E-state index in [0.717, 1.165) is 30.5 Å². The number of amides is 2. The number of benzene rings is 2. The van der Waals surface area contributed by atoms with Crippen molar-refractivity contribution in [2.75, 3.05) is 31.6 Å². The molecule has 0 unspecified atom stereocenters. The van der Waals surface area contributed by atoms with Crippen LogP contribution in [0.1, 0.15) is 34.3 Å². The van der Waals surface area contributed by atoms with Gasteiger partial charge in [-0.25, -0.2) is 4.79 Å². The molecule has 0 spiro atoms. The van der Waals surface area contributed by atoms with Gasteiger partial charge in [0.05, 0.1) is 18.6 Å². The number of methoxy groups -OCH3 is 1. The van der Waals surface area contributed by atoms with E-state index in [1.165, 1.54) is 12.7 Å².